The normalized spacial score (nSPS) is 32.1. The largest absolute Gasteiger partial charge is 0.273 e. The highest BCUT2D eigenvalue weighted by Crippen LogP contribution is 2.61. The van der Waals surface area contributed by atoms with Crippen molar-refractivity contribution in [1.29, 1.82) is 0 Å². The van der Waals surface area contributed by atoms with E-state index in [4.69, 9.17) is 0 Å². The lowest BCUT2D eigenvalue weighted by Gasteiger charge is -2.56. The number of hydrogen-bond donors (Lipinski definition) is 2. The minimum atomic E-state index is -0.212. The Balaban J connectivity index is 1.33. The van der Waals surface area contributed by atoms with Gasteiger partial charge in [0.2, 0.25) is 11.8 Å². The number of nitrogens with one attached hydrogen (secondary N) is 2. The first kappa shape index (κ1) is 18.5. The average molecular weight is 369 g/mol. The second-order valence-corrected chi connectivity index (χ2v) is 9.38. The minimum absolute atomic E-state index is 0.0198. The molecule has 4 nitrogen and oxygen atoms in total. The Bertz CT molecular complexity index is 650. The summed E-state index contributed by atoms with van der Waals surface area (Å²) < 4.78 is 0. The molecule has 1 atom stereocenters. The summed E-state index contributed by atoms with van der Waals surface area (Å²) in [6.45, 7) is 2.08. The molecule has 4 bridgehead atoms. The predicted molar refractivity (Wildman–Crippen MR) is 106 cm³/mol. The first-order valence-electron chi connectivity index (χ1n) is 10.7. The van der Waals surface area contributed by atoms with E-state index in [1.165, 1.54) is 38.5 Å². The van der Waals surface area contributed by atoms with Gasteiger partial charge in [0.1, 0.15) is 0 Å². The van der Waals surface area contributed by atoms with Crippen molar-refractivity contribution in [2.75, 3.05) is 0 Å². The predicted octanol–water partition coefficient (Wildman–Crippen LogP) is 4.32. The molecule has 0 aliphatic heterocycles. The van der Waals surface area contributed by atoms with E-state index in [-0.39, 0.29) is 23.1 Å². The van der Waals surface area contributed by atoms with Crippen molar-refractivity contribution in [1.82, 2.24) is 10.9 Å². The maximum absolute atomic E-state index is 12.7. The van der Waals surface area contributed by atoms with Gasteiger partial charge in [-0.3, -0.25) is 20.4 Å². The Morgan fingerprint density at radius 1 is 1.00 bits per heavy atom. The van der Waals surface area contributed by atoms with E-state index in [0.717, 1.165) is 36.2 Å². The van der Waals surface area contributed by atoms with Crippen molar-refractivity contribution in [2.45, 2.75) is 70.6 Å². The topological polar surface area (TPSA) is 58.2 Å². The van der Waals surface area contributed by atoms with Crippen LogP contribution < -0.4 is 10.9 Å². The van der Waals surface area contributed by atoms with Gasteiger partial charge in [-0.2, -0.15) is 0 Å². The SMILES string of the molecule is CCC[C@@H](C(=O)NNC(=O)CC12CC3CC(CC(C3)C1)C2)c1ccccc1. The smallest absolute Gasteiger partial charge is 0.245 e. The lowest BCUT2D eigenvalue weighted by Crippen LogP contribution is -2.50. The molecule has 146 valence electrons. The van der Waals surface area contributed by atoms with Crippen LogP contribution in [0.2, 0.25) is 0 Å². The third-order valence-corrected chi connectivity index (χ3v) is 7.12. The number of carbonyl (C=O) groups excluding carboxylic acids is 2. The quantitative estimate of drug-likeness (QED) is 0.735. The fourth-order valence-corrected chi connectivity index (χ4v) is 6.53. The number of hydrogen-bond acceptors (Lipinski definition) is 2. The lowest BCUT2D eigenvalue weighted by molar-refractivity contribution is -0.134. The van der Waals surface area contributed by atoms with E-state index >= 15 is 0 Å². The molecule has 4 fully saturated rings. The number of amides is 2. The summed E-state index contributed by atoms with van der Waals surface area (Å²) in [5.41, 5.74) is 6.64. The molecule has 2 amide bonds. The van der Waals surface area contributed by atoms with Gasteiger partial charge in [0, 0.05) is 6.42 Å². The number of carbonyl (C=O) groups is 2. The van der Waals surface area contributed by atoms with E-state index in [1.54, 1.807) is 0 Å². The van der Waals surface area contributed by atoms with E-state index in [0.29, 0.717) is 6.42 Å². The molecule has 1 aromatic carbocycles. The molecule has 5 rings (SSSR count). The van der Waals surface area contributed by atoms with Crippen LogP contribution >= 0.6 is 0 Å². The minimum Gasteiger partial charge on any atom is -0.273 e. The molecule has 0 saturated heterocycles. The number of hydrazine groups is 1. The standard InChI is InChI=1S/C23H32N2O2/c1-2-6-20(19-7-4-3-5-8-19)22(27)25-24-21(26)15-23-12-16-9-17(13-23)11-18(10-16)14-23/h3-5,7-8,16-18,20H,2,6,9-15H2,1H3,(H,24,26)(H,25,27)/t16?,17?,18?,20-,23?/m1/s1. The first-order valence-corrected chi connectivity index (χ1v) is 10.7. The van der Waals surface area contributed by atoms with E-state index in [1.807, 2.05) is 30.3 Å². The summed E-state index contributed by atoms with van der Waals surface area (Å²) in [5, 5.41) is 0. The van der Waals surface area contributed by atoms with Crippen molar-refractivity contribution in [2.24, 2.45) is 23.2 Å². The molecule has 4 aliphatic carbocycles. The Kier molecular flexibility index (Phi) is 5.25. The van der Waals surface area contributed by atoms with Gasteiger partial charge in [0.05, 0.1) is 5.92 Å². The lowest BCUT2D eigenvalue weighted by atomic mass is 9.49. The van der Waals surface area contributed by atoms with Crippen molar-refractivity contribution >= 4 is 11.8 Å². The molecule has 0 spiro atoms. The maximum Gasteiger partial charge on any atom is 0.245 e. The van der Waals surface area contributed by atoms with Crippen LogP contribution in [0.3, 0.4) is 0 Å². The molecule has 1 aromatic rings. The highest BCUT2D eigenvalue weighted by Gasteiger charge is 2.51. The van der Waals surface area contributed by atoms with Crippen molar-refractivity contribution in [3.63, 3.8) is 0 Å². The zero-order valence-corrected chi connectivity index (χ0v) is 16.4. The van der Waals surface area contributed by atoms with Crippen LogP contribution in [0.1, 0.15) is 76.2 Å². The van der Waals surface area contributed by atoms with Crippen molar-refractivity contribution in [3.05, 3.63) is 35.9 Å². The molecular formula is C23H32N2O2. The Morgan fingerprint density at radius 3 is 2.15 bits per heavy atom. The van der Waals surface area contributed by atoms with Gasteiger partial charge in [-0.05, 0) is 73.7 Å². The zero-order valence-electron chi connectivity index (χ0n) is 16.4. The molecule has 0 radical (unpaired) electrons. The molecule has 27 heavy (non-hydrogen) atoms. The van der Waals surface area contributed by atoms with E-state index < -0.39 is 0 Å². The molecule has 4 saturated carbocycles. The van der Waals surface area contributed by atoms with Gasteiger partial charge in [-0.15, -0.1) is 0 Å². The van der Waals surface area contributed by atoms with Crippen LogP contribution in [0.15, 0.2) is 30.3 Å². The Labute approximate surface area is 162 Å². The fraction of sp³-hybridized carbons (Fsp3) is 0.652. The summed E-state index contributed by atoms with van der Waals surface area (Å²) in [6.07, 6.45) is 10.1. The number of benzene rings is 1. The van der Waals surface area contributed by atoms with Crippen LogP contribution in [0.25, 0.3) is 0 Å². The van der Waals surface area contributed by atoms with Crippen LogP contribution in [-0.2, 0) is 9.59 Å². The van der Waals surface area contributed by atoms with Gasteiger partial charge in [-0.1, -0.05) is 43.7 Å². The van der Waals surface area contributed by atoms with Gasteiger partial charge >= 0.3 is 0 Å². The van der Waals surface area contributed by atoms with Gasteiger partial charge in [0.25, 0.3) is 0 Å². The first-order chi connectivity index (χ1) is 13.1. The molecule has 0 heterocycles. The molecule has 0 unspecified atom stereocenters. The van der Waals surface area contributed by atoms with Crippen LogP contribution in [0.4, 0.5) is 0 Å². The highest BCUT2D eigenvalue weighted by atomic mass is 16.2. The zero-order chi connectivity index (χ0) is 18.9. The van der Waals surface area contributed by atoms with Crippen LogP contribution in [0.5, 0.6) is 0 Å². The Morgan fingerprint density at radius 2 is 1.59 bits per heavy atom. The highest BCUT2D eigenvalue weighted by molar-refractivity contribution is 5.86. The average Bonchev–Trinajstić information content (AvgIpc) is 2.63. The molecule has 4 aliphatic rings. The summed E-state index contributed by atoms with van der Waals surface area (Å²) in [4.78, 5) is 25.3. The maximum atomic E-state index is 12.7. The van der Waals surface area contributed by atoms with E-state index in [9.17, 15) is 9.59 Å². The van der Waals surface area contributed by atoms with Gasteiger partial charge < -0.3 is 0 Å². The molecule has 2 N–H and O–H groups in total. The third-order valence-electron chi connectivity index (χ3n) is 7.12. The van der Waals surface area contributed by atoms with Crippen molar-refractivity contribution in [3.8, 4) is 0 Å². The molecular weight excluding hydrogens is 336 g/mol. The van der Waals surface area contributed by atoms with Crippen LogP contribution in [0, 0.1) is 23.2 Å². The van der Waals surface area contributed by atoms with Gasteiger partial charge in [0.15, 0.2) is 0 Å². The summed E-state index contributed by atoms with van der Waals surface area (Å²) in [6, 6.07) is 9.83. The van der Waals surface area contributed by atoms with Gasteiger partial charge in [-0.25, -0.2) is 0 Å². The van der Waals surface area contributed by atoms with Crippen molar-refractivity contribution < 1.29 is 9.59 Å². The summed E-state index contributed by atoms with van der Waals surface area (Å²) in [5.74, 6) is 2.17. The van der Waals surface area contributed by atoms with Crippen LogP contribution in [-0.4, -0.2) is 11.8 Å². The second kappa shape index (κ2) is 7.65. The Hall–Kier alpha value is -1.84. The molecule has 0 aromatic heterocycles. The fourth-order valence-electron chi connectivity index (χ4n) is 6.53. The summed E-state index contributed by atoms with van der Waals surface area (Å²) in [7, 11) is 0. The summed E-state index contributed by atoms with van der Waals surface area (Å²) >= 11 is 0. The molecule has 4 heteroatoms. The number of rotatable bonds is 6. The monoisotopic (exact) mass is 368 g/mol. The van der Waals surface area contributed by atoms with E-state index in [2.05, 4.69) is 17.8 Å². The third kappa shape index (κ3) is 4.04. The second-order valence-electron chi connectivity index (χ2n) is 9.38.